The van der Waals surface area contributed by atoms with Crippen molar-refractivity contribution in [3.8, 4) is 5.75 Å². The molecular weight excluding hydrogens is 202 g/mol. The van der Waals surface area contributed by atoms with Gasteiger partial charge in [-0.25, -0.2) is 0 Å². The van der Waals surface area contributed by atoms with E-state index >= 15 is 0 Å². The molecule has 0 spiro atoms. The minimum Gasteiger partial charge on any atom is -0.508 e. The van der Waals surface area contributed by atoms with Crippen LogP contribution in [-0.4, -0.2) is 30.9 Å². The number of benzene rings is 1. The summed E-state index contributed by atoms with van der Waals surface area (Å²) in [6.07, 6.45) is 0.767. The van der Waals surface area contributed by atoms with Crippen LogP contribution in [0.15, 0.2) is 12.1 Å². The second-order valence-corrected chi connectivity index (χ2v) is 4.73. The Hall–Kier alpha value is -1.06. The number of phenolic OH excluding ortho intramolecular Hbond substituents is 1. The highest BCUT2D eigenvalue weighted by molar-refractivity contribution is 5.41. The van der Waals surface area contributed by atoms with E-state index in [1.165, 1.54) is 5.56 Å². The summed E-state index contributed by atoms with van der Waals surface area (Å²) in [7, 11) is 1.74. The van der Waals surface area contributed by atoms with Crippen molar-refractivity contribution in [1.82, 2.24) is 5.32 Å². The summed E-state index contributed by atoms with van der Waals surface area (Å²) >= 11 is 0. The molecule has 1 heterocycles. The molecule has 0 aliphatic carbocycles. The number of phenols is 1. The summed E-state index contributed by atoms with van der Waals surface area (Å²) in [4.78, 5) is 0. The lowest BCUT2D eigenvalue weighted by molar-refractivity contribution is -0.0505. The summed E-state index contributed by atoms with van der Waals surface area (Å²) in [5, 5.41) is 13.1. The Balaban J connectivity index is 2.24. The van der Waals surface area contributed by atoms with Gasteiger partial charge in [-0.3, -0.25) is 0 Å². The molecule has 0 bridgehead atoms. The van der Waals surface area contributed by atoms with Crippen LogP contribution in [0.1, 0.15) is 16.7 Å². The molecule has 1 aromatic rings. The number of hydrogen-bond donors (Lipinski definition) is 2. The average Bonchev–Trinajstić information content (AvgIpc) is 2.19. The van der Waals surface area contributed by atoms with Gasteiger partial charge in [0, 0.05) is 26.6 Å². The third-order valence-electron chi connectivity index (χ3n) is 3.53. The molecular formula is C13H19NO2. The van der Waals surface area contributed by atoms with Crippen molar-refractivity contribution in [1.29, 1.82) is 0 Å². The monoisotopic (exact) mass is 221 g/mol. The Morgan fingerprint density at radius 2 is 1.94 bits per heavy atom. The fourth-order valence-electron chi connectivity index (χ4n) is 2.09. The van der Waals surface area contributed by atoms with Crippen molar-refractivity contribution in [3.63, 3.8) is 0 Å². The molecule has 3 nitrogen and oxygen atoms in total. The third-order valence-corrected chi connectivity index (χ3v) is 3.53. The summed E-state index contributed by atoms with van der Waals surface area (Å²) in [6.45, 7) is 5.79. The number of aryl methyl sites for hydroxylation is 2. The molecule has 2 N–H and O–H groups in total. The van der Waals surface area contributed by atoms with E-state index in [1.54, 1.807) is 7.11 Å². The van der Waals surface area contributed by atoms with Crippen LogP contribution in [0.5, 0.6) is 5.75 Å². The zero-order valence-electron chi connectivity index (χ0n) is 10.1. The van der Waals surface area contributed by atoms with E-state index in [-0.39, 0.29) is 5.60 Å². The molecule has 0 radical (unpaired) electrons. The molecule has 1 aliphatic heterocycles. The maximum absolute atomic E-state index is 9.92. The van der Waals surface area contributed by atoms with E-state index in [4.69, 9.17) is 4.74 Å². The lowest BCUT2D eigenvalue weighted by Gasteiger charge is -2.41. The van der Waals surface area contributed by atoms with Crippen molar-refractivity contribution in [3.05, 3.63) is 28.8 Å². The SMILES string of the molecule is COC1(Cc2cc(C)c(C)cc2O)CNC1. The fourth-order valence-corrected chi connectivity index (χ4v) is 2.09. The second kappa shape index (κ2) is 4.07. The molecule has 1 aromatic carbocycles. The number of nitrogens with one attached hydrogen (secondary N) is 1. The number of rotatable bonds is 3. The maximum atomic E-state index is 9.92. The van der Waals surface area contributed by atoms with Gasteiger partial charge in [0.1, 0.15) is 5.75 Å². The van der Waals surface area contributed by atoms with Gasteiger partial charge in [0.15, 0.2) is 0 Å². The van der Waals surface area contributed by atoms with Gasteiger partial charge in [0.25, 0.3) is 0 Å². The van der Waals surface area contributed by atoms with E-state index in [9.17, 15) is 5.11 Å². The van der Waals surface area contributed by atoms with Crippen LogP contribution in [0.25, 0.3) is 0 Å². The van der Waals surface area contributed by atoms with Crippen LogP contribution in [0.4, 0.5) is 0 Å². The highest BCUT2D eigenvalue weighted by atomic mass is 16.5. The van der Waals surface area contributed by atoms with Crippen LogP contribution in [0.2, 0.25) is 0 Å². The van der Waals surface area contributed by atoms with Gasteiger partial charge in [-0.05, 0) is 36.6 Å². The van der Waals surface area contributed by atoms with E-state index < -0.39 is 0 Å². The average molecular weight is 221 g/mol. The van der Waals surface area contributed by atoms with Crippen molar-refractivity contribution in [2.24, 2.45) is 0 Å². The van der Waals surface area contributed by atoms with Crippen LogP contribution >= 0.6 is 0 Å². The van der Waals surface area contributed by atoms with Crippen molar-refractivity contribution < 1.29 is 9.84 Å². The molecule has 2 rings (SSSR count). The molecule has 0 atom stereocenters. The number of ether oxygens (including phenoxy) is 1. The molecule has 1 fully saturated rings. The number of methoxy groups -OCH3 is 1. The highest BCUT2D eigenvalue weighted by Crippen LogP contribution is 2.29. The maximum Gasteiger partial charge on any atom is 0.119 e. The van der Waals surface area contributed by atoms with Gasteiger partial charge in [0.05, 0.1) is 5.60 Å². The molecule has 88 valence electrons. The van der Waals surface area contributed by atoms with Gasteiger partial charge >= 0.3 is 0 Å². The van der Waals surface area contributed by atoms with E-state index in [1.807, 2.05) is 13.0 Å². The normalized spacial score (nSPS) is 18.2. The van der Waals surface area contributed by atoms with Crippen LogP contribution in [0.3, 0.4) is 0 Å². The van der Waals surface area contributed by atoms with Gasteiger partial charge in [-0.2, -0.15) is 0 Å². The smallest absolute Gasteiger partial charge is 0.119 e. The molecule has 0 saturated carbocycles. The molecule has 1 saturated heterocycles. The van der Waals surface area contributed by atoms with Crippen LogP contribution < -0.4 is 5.32 Å². The quantitative estimate of drug-likeness (QED) is 0.813. The molecule has 0 aromatic heterocycles. The Bertz CT molecular complexity index is 392. The summed E-state index contributed by atoms with van der Waals surface area (Å²) in [5.41, 5.74) is 3.19. The van der Waals surface area contributed by atoms with E-state index in [2.05, 4.69) is 18.3 Å². The predicted molar refractivity (Wildman–Crippen MR) is 63.9 cm³/mol. The van der Waals surface area contributed by atoms with E-state index in [0.29, 0.717) is 5.75 Å². The van der Waals surface area contributed by atoms with Gasteiger partial charge < -0.3 is 15.2 Å². The number of hydrogen-bond acceptors (Lipinski definition) is 3. The zero-order chi connectivity index (χ0) is 11.8. The Kier molecular flexibility index (Phi) is 2.91. The molecule has 0 amide bonds. The molecule has 0 unspecified atom stereocenters. The minimum absolute atomic E-state index is 0.126. The fraction of sp³-hybridized carbons (Fsp3) is 0.538. The Morgan fingerprint density at radius 1 is 1.31 bits per heavy atom. The Morgan fingerprint density at radius 3 is 2.44 bits per heavy atom. The lowest BCUT2D eigenvalue weighted by atomic mass is 9.87. The first-order valence-electron chi connectivity index (χ1n) is 5.61. The Labute approximate surface area is 96.4 Å². The first kappa shape index (κ1) is 11.4. The highest BCUT2D eigenvalue weighted by Gasteiger charge is 2.37. The third kappa shape index (κ3) is 1.93. The predicted octanol–water partition coefficient (Wildman–Crippen LogP) is 1.54. The first-order chi connectivity index (χ1) is 7.56. The van der Waals surface area contributed by atoms with Crippen molar-refractivity contribution in [2.45, 2.75) is 25.9 Å². The van der Waals surface area contributed by atoms with Crippen LogP contribution in [-0.2, 0) is 11.2 Å². The summed E-state index contributed by atoms with van der Waals surface area (Å²) in [6, 6.07) is 3.89. The van der Waals surface area contributed by atoms with Crippen LogP contribution in [0, 0.1) is 13.8 Å². The first-order valence-corrected chi connectivity index (χ1v) is 5.61. The summed E-state index contributed by atoms with van der Waals surface area (Å²) < 4.78 is 5.53. The largest absolute Gasteiger partial charge is 0.508 e. The van der Waals surface area contributed by atoms with Gasteiger partial charge in [0.2, 0.25) is 0 Å². The standard InChI is InChI=1S/C13H19NO2/c1-9-4-11(12(15)5-10(9)2)6-13(16-3)7-14-8-13/h4-5,14-15H,6-8H2,1-3H3. The molecule has 3 heteroatoms. The minimum atomic E-state index is -0.126. The van der Waals surface area contributed by atoms with E-state index in [0.717, 1.165) is 30.6 Å². The number of aromatic hydroxyl groups is 1. The van der Waals surface area contributed by atoms with Crippen molar-refractivity contribution >= 4 is 0 Å². The second-order valence-electron chi connectivity index (χ2n) is 4.73. The van der Waals surface area contributed by atoms with Gasteiger partial charge in [-0.1, -0.05) is 6.07 Å². The molecule has 1 aliphatic rings. The zero-order valence-corrected chi connectivity index (χ0v) is 10.1. The lowest BCUT2D eigenvalue weighted by Crippen LogP contribution is -2.61. The topological polar surface area (TPSA) is 41.5 Å². The summed E-state index contributed by atoms with van der Waals surface area (Å²) in [5.74, 6) is 0.381. The molecule has 16 heavy (non-hydrogen) atoms. The van der Waals surface area contributed by atoms with Gasteiger partial charge in [-0.15, -0.1) is 0 Å². The van der Waals surface area contributed by atoms with Crippen molar-refractivity contribution in [2.75, 3.05) is 20.2 Å².